The van der Waals surface area contributed by atoms with Crippen molar-refractivity contribution in [1.29, 1.82) is 5.26 Å². The molecule has 1 aromatic rings. The molecule has 0 radical (unpaired) electrons. The quantitative estimate of drug-likeness (QED) is 0.911. The van der Waals surface area contributed by atoms with Gasteiger partial charge in [-0.1, -0.05) is 31.4 Å². The Labute approximate surface area is 127 Å². The van der Waals surface area contributed by atoms with Crippen molar-refractivity contribution in [1.82, 2.24) is 0 Å². The average Bonchev–Trinajstić information content (AvgIpc) is 2.50. The van der Waals surface area contributed by atoms with E-state index in [1.807, 2.05) is 12.1 Å². The number of nitrogens with one attached hydrogen (secondary N) is 1. The number of benzene rings is 1. The lowest BCUT2D eigenvalue weighted by Gasteiger charge is -2.44. The number of anilines is 1. The van der Waals surface area contributed by atoms with E-state index in [2.05, 4.69) is 23.5 Å². The van der Waals surface area contributed by atoms with E-state index in [-0.39, 0.29) is 5.60 Å². The highest BCUT2D eigenvalue weighted by molar-refractivity contribution is 5.46. The van der Waals surface area contributed by atoms with E-state index in [4.69, 9.17) is 10.00 Å². The maximum atomic E-state index is 8.71. The molecule has 1 atom stereocenters. The van der Waals surface area contributed by atoms with Gasteiger partial charge >= 0.3 is 0 Å². The first-order chi connectivity index (χ1) is 10.3. The highest BCUT2D eigenvalue weighted by atomic mass is 16.5. The summed E-state index contributed by atoms with van der Waals surface area (Å²) in [6.07, 6.45) is 9.16. The molecule has 1 unspecified atom stereocenters. The van der Waals surface area contributed by atoms with Gasteiger partial charge in [-0.15, -0.1) is 0 Å². The molecular weight excluding hydrogens is 260 g/mol. The minimum absolute atomic E-state index is 0.148. The summed E-state index contributed by atoms with van der Waals surface area (Å²) < 4.78 is 6.15. The number of nitriles is 1. The molecule has 2 aliphatic rings. The fraction of sp³-hybridized carbons (Fsp3) is 0.611. The molecule has 21 heavy (non-hydrogen) atoms. The van der Waals surface area contributed by atoms with Crippen molar-refractivity contribution < 1.29 is 4.74 Å². The summed E-state index contributed by atoms with van der Waals surface area (Å²) in [5.41, 5.74) is 2.39. The lowest BCUT2D eigenvalue weighted by Crippen LogP contribution is -2.45. The highest BCUT2D eigenvalue weighted by Gasteiger charge is 2.38. The molecule has 0 aromatic heterocycles. The lowest BCUT2D eigenvalue weighted by molar-refractivity contribution is -0.103. The van der Waals surface area contributed by atoms with E-state index in [0.29, 0.717) is 12.5 Å². The molecule has 2 fully saturated rings. The van der Waals surface area contributed by atoms with Crippen LogP contribution in [0.15, 0.2) is 24.3 Å². The standard InChI is InChI=1S/C18H24N2O/c19-12-8-15-4-6-16(7-5-15)20-17-9-13-21-18(14-17)10-2-1-3-11-18/h4-7,17,20H,1-3,8-11,13-14H2. The summed E-state index contributed by atoms with van der Waals surface area (Å²) >= 11 is 0. The van der Waals surface area contributed by atoms with Crippen molar-refractivity contribution >= 4 is 5.69 Å². The monoisotopic (exact) mass is 284 g/mol. The molecule has 1 heterocycles. The molecule has 1 spiro atoms. The van der Waals surface area contributed by atoms with Crippen molar-refractivity contribution in [2.45, 2.75) is 63.0 Å². The Morgan fingerprint density at radius 1 is 1.19 bits per heavy atom. The molecule has 1 saturated heterocycles. The average molecular weight is 284 g/mol. The van der Waals surface area contributed by atoms with Crippen LogP contribution in [-0.2, 0) is 11.2 Å². The summed E-state index contributed by atoms with van der Waals surface area (Å²) in [4.78, 5) is 0. The topological polar surface area (TPSA) is 45.0 Å². The Balaban J connectivity index is 1.60. The van der Waals surface area contributed by atoms with Crippen molar-refractivity contribution in [3.8, 4) is 6.07 Å². The van der Waals surface area contributed by atoms with E-state index < -0.39 is 0 Å². The van der Waals surface area contributed by atoms with E-state index in [1.165, 1.54) is 32.1 Å². The van der Waals surface area contributed by atoms with Gasteiger partial charge in [0.1, 0.15) is 0 Å². The van der Waals surface area contributed by atoms with Crippen LogP contribution in [0, 0.1) is 11.3 Å². The summed E-state index contributed by atoms with van der Waals surface area (Å²) in [7, 11) is 0. The number of hydrogen-bond acceptors (Lipinski definition) is 3. The van der Waals surface area contributed by atoms with Gasteiger partial charge in [-0.3, -0.25) is 0 Å². The molecule has 1 saturated carbocycles. The van der Waals surface area contributed by atoms with Crippen molar-refractivity contribution in [2.75, 3.05) is 11.9 Å². The van der Waals surface area contributed by atoms with Crippen LogP contribution in [0.1, 0.15) is 50.5 Å². The van der Waals surface area contributed by atoms with E-state index >= 15 is 0 Å². The maximum Gasteiger partial charge on any atom is 0.0702 e. The minimum Gasteiger partial charge on any atom is -0.382 e. The largest absolute Gasteiger partial charge is 0.382 e. The van der Waals surface area contributed by atoms with E-state index in [0.717, 1.165) is 30.7 Å². The number of hydrogen-bond donors (Lipinski definition) is 1. The van der Waals surface area contributed by atoms with Crippen LogP contribution in [0.4, 0.5) is 5.69 Å². The Hall–Kier alpha value is -1.53. The van der Waals surface area contributed by atoms with Crippen molar-refractivity contribution in [3.63, 3.8) is 0 Å². The summed E-state index contributed by atoms with van der Waals surface area (Å²) in [5.74, 6) is 0. The van der Waals surface area contributed by atoms with Crippen LogP contribution in [0.3, 0.4) is 0 Å². The molecule has 1 aliphatic heterocycles. The minimum atomic E-state index is 0.148. The van der Waals surface area contributed by atoms with E-state index in [9.17, 15) is 0 Å². The van der Waals surface area contributed by atoms with Gasteiger partial charge < -0.3 is 10.1 Å². The predicted octanol–water partition coefficient (Wildman–Crippen LogP) is 4.05. The maximum absolute atomic E-state index is 8.71. The Bertz CT molecular complexity index is 491. The first kappa shape index (κ1) is 14.4. The smallest absolute Gasteiger partial charge is 0.0702 e. The van der Waals surface area contributed by atoms with Crippen LogP contribution < -0.4 is 5.32 Å². The third-order valence-electron chi connectivity index (χ3n) is 4.87. The molecule has 1 aromatic carbocycles. The normalized spacial score (nSPS) is 24.4. The summed E-state index contributed by atoms with van der Waals surface area (Å²) in [6, 6.07) is 11.0. The van der Waals surface area contributed by atoms with Gasteiger partial charge in [-0.05, 0) is 43.4 Å². The number of ether oxygens (including phenoxy) is 1. The lowest BCUT2D eigenvalue weighted by atomic mass is 9.78. The predicted molar refractivity (Wildman–Crippen MR) is 84.2 cm³/mol. The summed E-state index contributed by atoms with van der Waals surface area (Å²) in [5, 5.41) is 12.4. The van der Waals surface area contributed by atoms with E-state index in [1.54, 1.807) is 0 Å². The molecule has 3 rings (SSSR count). The van der Waals surface area contributed by atoms with Crippen LogP contribution in [0.5, 0.6) is 0 Å². The Morgan fingerprint density at radius 3 is 2.67 bits per heavy atom. The second-order valence-electron chi connectivity index (χ2n) is 6.46. The highest BCUT2D eigenvalue weighted by Crippen LogP contribution is 2.39. The fourth-order valence-corrected chi connectivity index (χ4v) is 3.74. The first-order valence-corrected chi connectivity index (χ1v) is 8.16. The van der Waals surface area contributed by atoms with Crippen molar-refractivity contribution in [3.05, 3.63) is 29.8 Å². The number of nitrogens with zero attached hydrogens (tertiary/aromatic N) is 1. The third-order valence-corrected chi connectivity index (χ3v) is 4.87. The van der Waals surface area contributed by atoms with Crippen LogP contribution in [0.25, 0.3) is 0 Å². The molecule has 112 valence electrons. The molecule has 0 bridgehead atoms. The molecule has 3 heteroatoms. The molecular formula is C18H24N2O. The Morgan fingerprint density at radius 2 is 1.95 bits per heavy atom. The second kappa shape index (κ2) is 6.49. The van der Waals surface area contributed by atoms with Gasteiger partial charge in [0, 0.05) is 18.3 Å². The van der Waals surface area contributed by atoms with Gasteiger partial charge in [0.2, 0.25) is 0 Å². The zero-order valence-corrected chi connectivity index (χ0v) is 12.6. The zero-order valence-electron chi connectivity index (χ0n) is 12.6. The van der Waals surface area contributed by atoms with Crippen LogP contribution >= 0.6 is 0 Å². The van der Waals surface area contributed by atoms with Gasteiger partial charge in [-0.25, -0.2) is 0 Å². The summed E-state index contributed by atoms with van der Waals surface area (Å²) in [6.45, 7) is 0.879. The molecule has 1 aliphatic carbocycles. The zero-order chi connectivity index (χ0) is 14.5. The number of rotatable bonds is 3. The van der Waals surface area contributed by atoms with Gasteiger partial charge in [-0.2, -0.15) is 5.26 Å². The first-order valence-electron chi connectivity index (χ1n) is 8.16. The van der Waals surface area contributed by atoms with Crippen LogP contribution in [-0.4, -0.2) is 18.2 Å². The molecule has 1 N–H and O–H groups in total. The molecule has 0 amide bonds. The van der Waals surface area contributed by atoms with Gasteiger partial charge in [0.15, 0.2) is 0 Å². The SMILES string of the molecule is N#CCc1ccc(NC2CCOC3(CCCCC3)C2)cc1. The van der Waals surface area contributed by atoms with Crippen LogP contribution in [0.2, 0.25) is 0 Å². The second-order valence-corrected chi connectivity index (χ2v) is 6.46. The molecule has 3 nitrogen and oxygen atoms in total. The van der Waals surface area contributed by atoms with Crippen molar-refractivity contribution in [2.24, 2.45) is 0 Å². The Kier molecular flexibility index (Phi) is 4.45. The fourth-order valence-electron chi connectivity index (χ4n) is 3.74. The van der Waals surface area contributed by atoms with Gasteiger partial charge in [0.05, 0.1) is 18.1 Å². The van der Waals surface area contributed by atoms with Gasteiger partial charge in [0.25, 0.3) is 0 Å². The third kappa shape index (κ3) is 3.57.